The van der Waals surface area contributed by atoms with Crippen LogP contribution in [0.3, 0.4) is 0 Å². The van der Waals surface area contributed by atoms with Crippen LogP contribution in [0.4, 0.5) is 0 Å². The number of benzene rings is 2. The first-order valence-corrected chi connectivity index (χ1v) is 6.96. The Bertz CT molecular complexity index is 898. The van der Waals surface area contributed by atoms with Crippen molar-refractivity contribution in [2.75, 3.05) is 7.11 Å². The number of aromatic nitrogens is 2. The van der Waals surface area contributed by atoms with E-state index < -0.39 is 5.97 Å². The summed E-state index contributed by atoms with van der Waals surface area (Å²) in [5.41, 5.74) is 3.38. The minimum atomic E-state index is -0.390. The highest BCUT2D eigenvalue weighted by Gasteiger charge is 2.08. The van der Waals surface area contributed by atoms with Crippen molar-refractivity contribution in [3.8, 4) is 6.07 Å². The molecule has 3 rings (SSSR count). The van der Waals surface area contributed by atoms with E-state index in [2.05, 4.69) is 20.8 Å². The van der Waals surface area contributed by atoms with Crippen LogP contribution in [0.25, 0.3) is 22.7 Å². The number of aromatic amines is 1. The Hall–Kier alpha value is -3.39. The Labute approximate surface area is 132 Å². The van der Waals surface area contributed by atoms with E-state index in [1.165, 1.54) is 7.11 Å². The zero-order valence-corrected chi connectivity index (χ0v) is 12.4. The lowest BCUT2D eigenvalue weighted by atomic mass is 10.1. The molecule has 0 aliphatic heterocycles. The number of ether oxygens (including phenoxy) is 1. The van der Waals surface area contributed by atoms with Crippen molar-refractivity contribution in [3.63, 3.8) is 0 Å². The number of imidazole rings is 1. The van der Waals surface area contributed by atoms with Crippen LogP contribution in [-0.2, 0) is 4.74 Å². The summed E-state index contributed by atoms with van der Waals surface area (Å²) in [6, 6.07) is 16.6. The van der Waals surface area contributed by atoms with Crippen molar-refractivity contribution >= 4 is 28.7 Å². The quantitative estimate of drug-likeness (QED) is 0.594. The van der Waals surface area contributed by atoms with E-state index in [0.717, 1.165) is 16.6 Å². The predicted molar refractivity (Wildman–Crippen MR) is 87.4 cm³/mol. The van der Waals surface area contributed by atoms with Gasteiger partial charge in [0, 0.05) is 0 Å². The molecule has 5 nitrogen and oxygen atoms in total. The van der Waals surface area contributed by atoms with E-state index in [1.54, 1.807) is 30.3 Å². The highest BCUT2D eigenvalue weighted by atomic mass is 16.5. The number of nitriles is 1. The number of rotatable bonds is 3. The fraction of sp³-hybridized carbons (Fsp3) is 0.0556. The summed E-state index contributed by atoms with van der Waals surface area (Å²) >= 11 is 0. The summed E-state index contributed by atoms with van der Waals surface area (Å²) in [7, 11) is 1.34. The molecule has 0 unspecified atom stereocenters. The molecular weight excluding hydrogens is 290 g/mol. The van der Waals surface area contributed by atoms with Crippen molar-refractivity contribution in [1.82, 2.24) is 9.97 Å². The second-order valence-electron chi connectivity index (χ2n) is 4.89. The monoisotopic (exact) mass is 303 g/mol. The molecular formula is C18H13N3O2. The van der Waals surface area contributed by atoms with Gasteiger partial charge in [0.25, 0.3) is 0 Å². The maximum atomic E-state index is 11.4. The number of para-hydroxylation sites is 2. The standard InChI is InChI=1S/C18H13N3O2/c1-23-18(22)13-8-6-12(7-9-13)10-14(11-19)17-20-15-4-2-3-5-16(15)21-17/h2-10H,1H3,(H,20,21)/b14-10-. The number of hydrogen-bond acceptors (Lipinski definition) is 4. The fourth-order valence-electron chi connectivity index (χ4n) is 2.23. The number of H-pyrrole nitrogens is 1. The van der Waals surface area contributed by atoms with Crippen LogP contribution >= 0.6 is 0 Å². The highest BCUT2D eigenvalue weighted by molar-refractivity contribution is 5.92. The summed E-state index contributed by atoms with van der Waals surface area (Å²) in [5.74, 6) is 0.129. The van der Waals surface area contributed by atoms with E-state index in [9.17, 15) is 10.1 Å². The lowest BCUT2D eigenvalue weighted by molar-refractivity contribution is 0.0600. The summed E-state index contributed by atoms with van der Waals surface area (Å²) in [5, 5.41) is 9.39. The lowest BCUT2D eigenvalue weighted by Gasteiger charge is -2.00. The Morgan fingerprint density at radius 1 is 1.22 bits per heavy atom. The number of nitrogens with one attached hydrogen (secondary N) is 1. The molecule has 23 heavy (non-hydrogen) atoms. The summed E-state index contributed by atoms with van der Waals surface area (Å²) in [6.07, 6.45) is 1.72. The van der Waals surface area contributed by atoms with Gasteiger partial charge < -0.3 is 9.72 Å². The maximum absolute atomic E-state index is 11.4. The molecule has 0 atom stereocenters. The third-order valence-electron chi connectivity index (χ3n) is 3.41. The van der Waals surface area contributed by atoms with Gasteiger partial charge in [-0.05, 0) is 35.9 Å². The molecule has 0 fully saturated rings. The number of carbonyl (C=O) groups excluding carboxylic acids is 1. The first kappa shape index (κ1) is 14.5. The largest absolute Gasteiger partial charge is 0.465 e. The number of methoxy groups -OCH3 is 1. The molecule has 0 saturated carbocycles. The molecule has 0 bridgehead atoms. The second kappa shape index (κ2) is 6.16. The van der Waals surface area contributed by atoms with Gasteiger partial charge in [0.05, 0.1) is 29.3 Å². The average Bonchev–Trinajstić information content (AvgIpc) is 3.03. The van der Waals surface area contributed by atoms with Crippen molar-refractivity contribution in [1.29, 1.82) is 5.26 Å². The molecule has 5 heteroatoms. The summed E-state index contributed by atoms with van der Waals surface area (Å²) in [6.45, 7) is 0. The number of allylic oxidation sites excluding steroid dienone is 1. The highest BCUT2D eigenvalue weighted by Crippen LogP contribution is 2.19. The van der Waals surface area contributed by atoms with Crippen molar-refractivity contribution < 1.29 is 9.53 Å². The number of hydrogen-bond donors (Lipinski definition) is 1. The van der Waals surface area contributed by atoms with Crippen LogP contribution in [-0.4, -0.2) is 23.0 Å². The summed E-state index contributed by atoms with van der Waals surface area (Å²) in [4.78, 5) is 19.0. The number of esters is 1. The van der Waals surface area contributed by atoms with Crippen molar-refractivity contribution in [3.05, 3.63) is 65.5 Å². The second-order valence-corrected chi connectivity index (χ2v) is 4.89. The third-order valence-corrected chi connectivity index (χ3v) is 3.41. The van der Waals surface area contributed by atoms with E-state index >= 15 is 0 Å². The SMILES string of the molecule is COC(=O)c1ccc(/C=C(/C#N)c2nc3ccccc3[nH]2)cc1. The molecule has 1 heterocycles. The topological polar surface area (TPSA) is 78.8 Å². The molecule has 0 spiro atoms. The number of fused-ring (bicyclic) bond motifs is 1. The Morgan fingerprint density at radius 3 is 2.61 bits per heavy atom. The first-order chi connectivity index (χ1) is 11.2. The zero-order chi connectivity index (χ0) is 16.2. The van der Waals surface area contributed by atoms with Crippen molar-refractivity contribution in [2.24, 2.45) is 0 Å². The van der Waals surface area contributed by atoms with Crippen LogP contribution in [0.1, 0.15) is 21.7 Å². The van der Waals surface area contributed by atoms with Gasteiger partial charge in [0.15, 0.2) is 0 Å². The molecule has 3 aromatic rings. The van der Waals surface area contributed by atoms with E-state index in [-0.39, 0.29) is 0 Å². The lowest BCUT2D eigenvalue weighted by Crippen LogP contribution is -2.00. The number of carbonyl (C=O) groups is 1. The Balaban J connectivity index is 1.95. The normalized spacial score (nSPS) is 11.2. The van der Waals surface area contributed by atoms with Crippen LogP contribution in [0.15, 0.2) is 48.5 Å². The first-order valence-electron chi connectivity index (χ1n) is 6.96. The number of nitrogens with zero attached hydrogens (tertiary/aromatic N) is 2. The Morgan fingerprint density at radius 2 is 1.96 bits per heavy atom. The van der Waals surface area contributed by atoms with Crippen molar-refractivity contribution in [2.45, 2.75) is 0 Å². The van der Waals surface area contributed by atoms with E-state index in [1.807, 2.05) is 24.3 Å². The van der Waals surface area contributed by atoms with Crippen LogP contribution < -0.4 is 0 Å². The van der Waals surface area contributed by atoms with Gasteiger partial charge in [-0.2, -0.15) is 5.26 Å². The molecule has 112 valence electrons. The van der Waals surface area contributed by atoms with Crippen LogP contribution in [0.2, 0.25) is 0 Å². The van der Waals surface area contributed by atoms with Gasteiger partial charge in [-0.25, -0.2) is 9.78 Å². The molecule has 2 aromatic carbocycles. The molecule has 0 aliphatic rings. The van der Waals surface area contributed by atoms with Crippen LogP contribution in [0, 0.1) is 11.3 Å². The van der Waals surface area contributed by atoms with Gasteiger partial charge in [-0.1, -0.05) is 24.3 Å². The van der Waals surface area contributed by atoms with Crippen LogP contribution in [0.5, 0.6) is 0 Å². The van der Waals surface area contributed by atoms with Gasteiger partial charge >= 0.3 is 5.97 Å². The van der Waals surface area contributed by atoms with Gasteiger partial charge in [-0.15, -0.1) is 0 Å². The third kappa shape index (κ3) is 2.97. The minimum Gasteiger partial charge on any atom is -0.465 e. The smallest absolute Gasteiger partial charge is 0.337 e. The summed E-state index contributed by atoms with van der Waals surface area (Å²) < 4.78 is 4.66. The molecule has 1 aromatic heterocycles. The minimum absolute atomic E-state index is 0.390. The van der Waals surface area contributed by atoms with E-state index in [0.29, 0.717) is 17.0 Å². The predicted octanol–water partition coefficient (Wildman–Crippen LogP) is 3.41. The molecule has 0 saturated heterocycles. The zero-order valence-electron chi connectivity index (χ0n) is 12.4. The molecule has 0 radical (unpaired) electrons. The molecule has 0 amide bonds. The molecule has 1 N–H and O–H groups in total. The van der Waals surface area contributed by atoms with Gasteiger partial charge in [0.2, 0.25) is 0 Å². The Kier molecular flexibility index (Phi) is 3.89. The van der Waals surface area contributed by atoms with Gasteiger partial charge in [-0.3, -0.25) is 0 Å². The average molecular weight is 303 g/mol. The molecule has 0 aliphatic carbocycles. The van der Waals surface area contributed by atoms with E-state index in [4.69, 9.17) is 0 Å². The fourth-order valence-corrected chi connectivity index (χ4v) is 2.23. The van der Waals surface area contributed by atoms with Gasteiger partial charge in [0.1, 0.15) is 11.9 Å². The maximum Gasteiger partial charge on any atom is 0.337 e.